The number of phenols is 1. The molecular weight excluding hydrogens is 437 g/mol. The third-order valence-corrected chi connectivity index (χ3v) is 5.34. The summed E-state index contributed by atoms with van der Waals surface area (Å²) in [5.41, 5.74) is 1.36. The fraction of sp³-hybridized carbons (Fsp3) is 0. The van der Waals surface area contributed by atoms with Crippen molar-refractivity contribution < 1.29 is 9.52 Å². The molecule has 152 valence electrons. The number of halogens is 2. The first-order chi connectivity index (χ1) is 15.0. The number of para-hydroxylation sites is 2. The van der Waals surface area contributed by atoms with Gasteiger partial charge in [-0.2, -0.15) is 9.78 Å². The number of aromatic nitrogens is 2. The van der Waals surface area contributed by atoms with E-state index in [1.807, 2.05) is 36.4 Å². The van der Waals surface area contributed by atoms with E-state index in [4.69, 9.17) is 27.6 Å². The van der Waals surface area contributed by atoms with Gasteiger partial charge in [-0.3, -0.25) is 4.79 Å². The maximum atomic E-state index is 13.2. The Morgan fingerprint density at radius 1 is 1.00 bits per heavy atom. The average molecular weight is 450 g/mol. The van der Waals surface area contributed by atoms with Gasteiger partial charge in [-0.15, -0.1) is 0 Å². The number of phenolic OH excluding ortho intramolecular Hbond substituents is 1. The molecule has 1 N–H and O–H groups in total. The lowest BCUT2D eigenvalue weighted by atomic mass is 10.2. The van der Waals surface area contributed by atoms with E-state index >= 15 is 0 Å². The molecule has 0 spiro atoms. The molecule has 0 saturated carbocycles. The lowest BCUT2D eigenvalue weighted by Crippen LogP contribution is -2.20. The predicted molar refractivity (Wildman–Crippen MR) is 122 cm³/mol. The molecule has 6 nitrogen and oxygen atoms in total. The highest BCUT2D eigenvalue weighted by molar-refractivity contribution is 6.37. The van der Waals surface area contributed by atoms with E-state index in [-0.39, 0.29) is 27.2 Å². The quantitative estimate of drug-likeness (QED) is 0.358. The number of hydrogen-bond donors (Lipinski definition) is 1. The van der Waals surface area contributed by atoms with Gasteiger partial charge < -0.3 is 9.52 Å². The third-order valence-electron chi connectivity index (χ3n) is 4.76. The number of benzene rings is 3. The maximum absolute atomic E-state index is 13.2. The van der Waals surface area contributed by atoms with Crippen LogP contribution in [0, 0.1) is 0 Å². The summed E-state index contributed by atoms with van der Waals surface area (Å²) in [6.45, 7) is 0. The van der Waals surface area contributed by atoms with E-state index in [1.54, 1.807) is 18.2 Å². The summed E-state index contributed by atoms with van der Waals surface area (Å²) in [5, 5.41) is 15.6. The Hall–Kier alpha value is -3.61. The lowest BCUT2D eigenvalue weighted by molar-refractivity contribution is 0.476. The molecule has 0 aliphatic rings. The van der Waals surface area contributed by atoms with Crippen LogP contribution in [0.3, 0.4) is 0 Å². The molecule has 31 heavy (non-hydrogen) atoms. The topological polar surface area (TPSA) is 80.6 Å². The van der Waals surface area contributed by atoms with Gasteiger partial charge in [0, 0.05) is 5.39 Å². The molecule has 0 bridgehead atoms. The van der Waals surface area contributed by atoms with E-state index in [9.17, 15) is 9.90 Å². The summed E-state index contributed by atoms with van der Waals surface area (Å²) in [6.07, 6.45) is 1.42. The van der Waals surface area contributed by atoms with Crippen LogP contribution in [0.5, 0.6) is 5.75 Å². The molecule has 0 aliphatic heterocycles. The van der Waals surface area contributed by atoms with E-state index in [2.05, 4.69) is 10.1 Å². The normalized spacial score (nSPS) is 11.7. The van der Waals surface area contributed by atoms with Crippen molar-refractivity contribution in [2.24, 2.45) is 5.10 Å². The molecule has 0 saturated heterocycles. The number of nitrogens with zero attached hydrogens (tertiary/aromatic N) is 3. The van der Waals surface area contributed by atoms with Crippen LogP contribution in [-0.4, -0.2) is 21.0 Å². The SMILES string of the molecule is O=c1c2ccccc2nc(-c2cc3ccccc3o2)n1N=Cc1cc(Cl)c(O)c(Cl)c1. The second-order valence-corrected chi connectivity index (χ2v) is 7.61. The molecule has 3 aromatic carbocycles. The molecule has 0 unspecified atom stereocenters. The minimum absolute atomic E-state index is 0.0791. The molecule has 0 atom stereocenters. The van der Waals surface area contributed by atoms with Gasteiger partial charge in [0.15, 0.2) is 11.5 Å². The highest BCUT2D eigenvalue weighted by Crippen LogP contribution is 2.32. The number of aromatic hydroxyl groups is 1. The van der Waals surface area contributed by atoms with Gasteiger partial charge in [0.1, 0.15) is 5.58 Å². The van der Waals surface area contributed by atoms with Crippen LogP contribution in [0.4, 0.5) is 0 Å². The van der Waals surface area contributed by atoms with Crippen LogP contribution in [0.1, 0.15) is 5.56 Å². The largest absolute Gasteiger partial charge is 0.505 e. The fourth-order valence-electron chi connectivity index (χ4n) is 3.27. The Morgan fingerprint density at radius 3 is 2.48 bits per heavy atom. The van der Waals surface area contributed by atoms with E-state index in [1.165, 1.54) is 23.0 Å². The monoisotopic (exact) mass is 449 g/mol. The third kappa shape index (κ3) is 3.46. The Balaban J connectivity index is 1.73. The minimum atomic E-state index is -0.353. The van der Waals surface area contributed by atoms with E-state index in [0.717, 1.165) is 5.39 Å². The van der Waals surface area contributed by atoms with Gasteiger partial charge in [0.2, 0.25) is 5.82 Å². The molecule has 0 amide bonds. The Morgan fingerprint density at radius 2 is 1.71 bits per heavy atom. The maximum Gasteiger partial charge on any atom is 0.282 e. The molecule has 2 aromatic heterocycles. The summed E-state index contributed by atoms with van der Waals surface area (Å²) in [7, 11) is 0. The first kappa shape index (κ1) is 19.4. The van der Waals surface area contributed by atoms with Gasteiger partial charge in [0.05, 0.1) is 27.2 Å². The van der Waals surface area contributed by atoms with Gasteiger partial charge in [0.25, 0.3) is 5.56 Å². The van der Waals surface area contributed by atoms with Crippen molar-refractivity contribution in [3.63, 3.8) is 0 Å². The molecule has 5 rings (SSSR count). The molecule has 2 heterocycles. The van der Waals surface area contributed by atoms with Crippen molar-refractivity contribution in [2.45, 2.75) is 0 Å². The Kier molecular flexibility index (Phi) is 4.73. The second kappa shape index (κ2) is 7.58. The van der Waals surface area contributed by atoms with Gasteiger partial charge >= 0.3 is 0 Å². The van der Waals surface area contributed by atoms with Crippen LogP contribution < -0.4 is 5.56 Å². The van der Waals surface area contributed by atoms with Crippen LogP contribution >= 0.6 is 23.2 Å². The minimum Gasteiger partial charge on any atom is -0.505 e. The van der Waals surface area contributed by atoms with Gasteiger partial charge in [-0.25, -0.2) is 4.98 Å². The highest BCUT2D eigenvalue weighted by Gasteiger charge is 2.16. The second-order valence-electron chi connectivity index (χ2n) is 6.80. The zero-order chi connectivity index (χ0) is 21.5. The highest BCUT2D eigenvalue weighted by atomic mass is 35.5. The summed E-state index contributed by atoms with van der Waals surface area (Å²) in [6, 6.07) is 19.3. The Labute approximate surface area is 185 Å². The van der Waals surface area contributed by atoms with Crippen molar-refractivity contribution in [3.05, 3.63) is 92.7 Å². The van der Waals surface area contributed by atoms with Crippen molar-refractivity contribution in [1.29, 1.82) is 0 Å². The smallest absolute Gasteiger partial charge is 0.282 e. The number of rotatable bonds is 3. The summed E-state index contributed by atoms with van der Waals surface area (Å²) < 4.78 is 7.11. The molecular formula is C23H13Cl2N3O3. The van der Waals surface area contributed by atoms with E-state index < -0.39 is 0 Å². The van der Waals surface area contributed by atoms with Gasteiger partial charge in [-0.05, 0) is 42.0 Å². The summed E-state index contributed by atoms with van der Waals surface area (Å²) >= 11 is 12.0. The van der Waals surface area contributed by atoms with Crippen molar-refractivity contribution in [3.8, 4) is 17.3 Å². The fourth-order valence-corrected chi connectivity index (χ4v) is 3.77. The molecule has 0 aliphatic carbocycles. The molecule has 0 radical (unpaired) electrons. The van der Waals surface area contributed by atoms with E-state index in [0.29, 0.717) is 27.8 Å². The van der Waals surface area contributed by atoms with Crippen molar-refractivity contribution in [2.75, 3.05) is 0 Å². The predicted octanol–water partition coefficient (Wildman–Crippen LogP) is 5.70. The lowest BCUT2D eigenvalue weighted by Gasteiger charge is -2.07. The molecule has 5 aromatic rings. The molecule has 8 heteroatoms. The Bertz CT molecular complexity index is 1500. The van der Waals surface area contributed by atoms with Crippen molar-refractivity contribution >= 4 is 51.3 Å². The number of fused-ring (bicyclic) bond motifs is 2. The first-order valence-corrected chi connectivity index (χ1v) is 10.00. The van der Waals surface area contributed by atoms with Crippen LogP contribution in [0.2, 0.25) is 10.0 Å². The average Bonchev–Trinajstić information content (AvgIpc) is 3.21. The zero-order valence-electron chi connectivity index (χ0n) is 15.8. The first-order valence-electron chi connectivity index (χ1n) is 9.24. The molecule has 0 fully saturated rings. The van der Waals surface area contributed by atoms with Crippen molar-refractivity contribution in [1.82, 2.24) is 9.66 Å². The van der Waals surface area contributed by atoms with Crippen LogP contribution in [0.25, 0.3) is 33.5 Å². The van der Waals surface area contributed by atoms with Crippen LogP contribution in [-0.2, 0) is 0 Å². The van der Waals surface area contributed by atoms with Crippen LogP contribution in [0.15, 0.2) is 81.0 Å². The van der Waals surface area contributed by atoms with Gasteiger partial charge in [-0.1, -0.05) is 53.5 Å². The summed E-state index contributed by atoms with van der Waals surface area (Å²) in [4.78, 5) is 17.8. The zero-order valence-corrected chi connectivity index (χ0v) is 17.3. The summed E-state index contributed by atoms with van der Waals surface area (Å²) in [5.74, 6) is 0.447. The number of hydrogen-bond acceptors (Lipinski definition) is 5. The number of furan rings is 1. The standard InChI is InChI=1S/C23H13Cl2N3O3/c24-16-9-13(10-17(25)21(16)29)12-26-28-22(20-11-14-5-1-4-8-19(14)31-20)27-18-7-3-2-6-15(18)23(28)30/h1-12,29H.